The van der Waals surface area contributed by atoms with Crippen LogP contribution in [0.1, 0.15) is 25.3 Å². The molecule has 0 aliphatic carbocycles. The number of sulfonamides is 1. The SMILES string of the molecule is COc1ccc(S(=O)(=O)NCC2(C)CCNCC2)c(C)c1F.Cl. The van der Waals surface area contributed by atoms with Crippen LogP contribution in [-0.2, 0) is 10.0 Å². The number of rotatable bonds is 5. The minimum absolute atomic E-state index is 0. The molecule has 0 saturated carbocycles. The molecule has 0 unspecified atom stereocenters. The molecule has 23 heavy (non-hydrogen) atoms. The molecule has 0 aromatic heterocycles. The average molecular weight is 367 g/mol. The van der Waals surface area contributed by atoms with Gasteiger partial charge in [0.25, 0.3) is 0 Å². The van der Waals surface area contributed by atoms with E-state index in [-0.39, 0.29) is 34.0 Å². The molecular formula is C15H24ClFN2O3S. The average Bonchev–Trinajstić information content (AvgIpc) is 2.49. The maximum absolute atomic E-state index is 14.0. The number of benzene rings is 1. The Morgan fingerprint density at radius 2 is 1.96 bits per heavy atom. The van der Waals surface area contributed by atoms with Crippen LogP contribution < -0.4 is 14.8 Å². The molecule has 5 nitrogen and oxygen atoms in total. The van der Waals surface area contributed by atoms with Crippen LogP contribution >= 0.6 is 12.4 Å². The van der Waals surface area contributed by atoms with E-state index in [1.165, 1.54) is 26.2 Å². The van der Waals surface area contributed by atoms with E-state index in [0.29, 0.717) is 6.54 Å². The summed E-state index contributed by atoms with van der Waals surface area (Å²) in [4.78, 5) is -0.0386. The number of hydrogen-bond acceptors (Lipinski definition) is 4. The van der Waals surface area contributed by atoms with Crippen molar-refractivity contribution >= 4 is 22.4 Å². The van der Waals surface area contributed by atoms with Gasteiger partial charge >= 0.3 is 0 Å². The monoisotopic (exact) mass is 366 g/mol. The molecule has 0 amide bonds. The summed E-state index contributed by atoms with van der Waals surface area (Å²) in [5.74, 6) is -0.597. The maximum atomic E-state index is 14.0. The molecule has 1 saturated heterocycles. The highest BCUT2D eigenvalue weighted by atomic mass is 35.5. The van der Waals surface area contributed by atoms with E-state index < -0.39 is 15.8 Å². The predicted octanol–water partition coefficient (Wildman–Crippen LogP) is 2.23. The molecule has 1 aliphatic heterocycles. The smallest absolute Gasteiger partial charge is 0.240 e. The van der Waals surface area contributed by atoms with Crippen molar-refractivity contribution in [2.75, 3.05) is 26.7 Å². The molecule has 1 aromatic rings. The van der Waals surface area contributed by atoms with Crippen molar-refractivity contribution in [1.29, 1.82) is 0 Å². The summed E-state index contributed by atoms with van der Waals surface area (Å²) in [5, 5.41) is 3.26. The fourth-order valence-corrected chi connectivity index (χ4v) is 4.08. The molecule has 0 atom stereocenters. The van der Waals surface area contributed by atoms with E-state index in [1.54, 1.807) is 0 Å². The van der Waals surface area contributed by atoms with Gasteiger partial charge in [-0.15, -0.1) is 12.4 Å². The van der Waals surface area contributed by atoms with Gasteiger partial charge in [0.1, 0.15) is 0 Å². The van der Waals surface area contributed by atoms with Gasteiger partial charge in [0, 0.05) is 12.1 Å². The van der Waals surface area contributed by atoms with E-state index in [0.717, 1.165) is 25.9 Å². The Morgan fingerprint density at radius 3 is 2.52 bits per heavy atom. The summed E-state index contributed by atoms with van der Waals surface area (Å²) in [6, 6.07) is 2.72. The Hall–Kier alpha value is -0.890. The van der Waals surface area contributed by atoms with Crippen molar-refractivity contribution in [3.8, 4) is 5.75 Å². The number of halogens is 2. The van der Waals surface area contributed by atoms with E-state index in [1.807, 2.05) is 0 Å². The highest BCUT2D eigenvalue weighted by molar-refractivity contribution is 7.89. The van der Waals surface area contributed by atoms with Crippen LogP contribution in [-0.4, -0.2) is 35.2 Å². The molecule has 132 valence electrons. The summed E-state index contributed by atoms with van der Waals surface area (Å²) in [6.45, 7) is 5.63. The summed E-state index contributed by atoms with van der Waals surface area (Å²) in [7, 11) is -2.39. The van der Waals surface area contributed by atoms with Crippen molar-refractivity contribution in [2.24, 2.45) is 5.41 Å². The molecule has 1 fully saturated rings. The molecule has 0 bridgehead atoms. The first-order valence-electron chi connectivity index (χ1n) is 7.32. The minimum Gasteiger partial charge on any atom is -0.494 e. The van der Waals surface area contributed by atoms with E-state index >= 15 is 0 Å². The summed E-state index contributed by atoms with van der Waals surface area (Å²) < 4.78 is 46.4. The quantitative estimate of drug-likeness (QED) is 0.838. The Balaban J connectivity index is 0.00000264. The van der Waals surface area contributed by atoms with Gasteiger partial charge < -0.3 is 10.1 Å². The van der Waals surface area contributed by atoms with Crippen molar-refractivity contribution < 1.29 is 17.5 Å². The second-order valence-corrected chi connectivity index (χ2v) is 7.83. The number of nitrogens with one attached hydrogen (secondary N) is 2. The Morgan fingerprint density at radius 1 is 1.35 bits per heavy atom. The number of piperidine rings is 1. The van der Waals surface area contributed by atoms with Crippen LogP contribution in [0.2, 0.25) is 0 Å². The lowest BCUT2D eigenvalue weighted by Crippen LogP contribution is -2.43. The fourth-order valence-electron chi connectivity index (χ4n) is 2.65. The maximum Gasteiger partial charge on any atom is 0.240 e. The van der Waals surface area contributed by atoms with Crippen LogP contribution in [0.25, 0.3) is 0 Å². The van der Waals surface area contributed by atoms with Crippen molar-refractivity contribution in [2.45, 2.75) is 31.6 Å². The zero-order chi connectivity index (χ0) is 16.4. The lowest BCUT2D eigenvalue weighted by atomic mass is 9.81. The van der Waals surface area contributed by atoms with Crippen LogP contribution in [0.15, 0.2) is 17.0 Å². The van der Waals surface area contributed by atoms with Crippen LogP contribution in [0.3, 0.4) is 0 Å². The predicted molar refractivity (Wildman–Crippen MR) is 90.3 cm³/mol. The third-order valence-electron chi connectivity index (χ3n) is 4.31. The van der Waals surface area contributed by atoms with Crippen molar-refractivity contribution in [3.05, 3.63) is 23.5 Å². The molecule has 0 spiro atoms. The molecule has 2 rings (SSSR count). The summed E-state index contributed by atoms with van der Waals surface area (Å²) >= 11 is 0. The highest BCUT2D eigenvalue weighted by Gasteiger charge is 2.29. The minimum atomic E-state index is -3.74. The van der Waals surface area contributed by atoms with Crippen LogP contribution in [0.4, 0.5) is 4.39 Å². The lowest BCUT2D eigenvalue weighted by molar-refractivity contribution is 0.232. The first-order chi connectivity index (χ1) is 10.3. The lowest BCUT2D eigenvalue weighted by Gasteiger charge is -2.34. The highest BCUT2D eigenvalue weighted by Crippen LogP contribution is 2.29. The Kier molecular flexibility index (Phi) is 6.82. The van der Waals surface area contributed by atoms with Crippen molar-refractivity contribution in [3.63, 3.8) is 0 Å². The molecule has 1 aliphatic rings. The van der Waals surface area contributed by atoms with Crippen LogP contribution in [0.5, 0.6) is 5.75 Å². The fraction of sp³-hybridized carbons (Fsp3) is 0.600. The van der Waals surface area contributed by atoms with Gasteiger partial charge in [0.15, 0.2) is 11.6 Å². The van der Waals surface area contributed by atoms with E-state index in [4.69, 9.17) is 4.74 Å². The third kappa shape index (κ3) is 4.56. The molecule has 1 aromatic carbocycles. The number of ether oxygens (including phenoxy) is 1. The zero-order valence-corrected chi connectivity index (χ0v) is 15.2. The number of methoxy groups -OCH3 is 1. The first-order valence-corrected chi connectivity index (χ1v) is 8.81. The topological polar surface area (TPSA) is 67.4 Å². The Labute approximate surface area is 143 Å². The molecule has 2 N–H and O–H groups in total. The van der Waals surface area contributed by atoms with Gasteiger partial charge in [-0.05, 0) is 50.4 Å². The second-order valence-electron chi connectivity index (χ2n) is 6.09. The zero-order valence-electron chi connectivity index (χ0n) is 13.6. The Bertz CT molecular complexity index is 646. The van der Waals surface area contributed by atoms with E-state index in [9.17, 15) is 12.8 Å². The van der Waals surface area contributed by atoms with E-state index in [2.05, 4.69) is 17.0 Å². The standard InChI is InChI=1S/C15H23FN2O3S.ClH/c1-11-13(5-4-12(21-3)14(11)16)22(19,20)18-10-15(2)6-8-17-9-7-15;/h4-5,17-18H,6-10H2,1-3H3;1H. The van der Waals surface area contributed by atoms with Gasteiger partial charge in [-0.1, -0.05) is 6.92 Å². The largest absolute Gasteiger partial charge is 0.494 e. The second kappa shape index (κ2) is 7.79. The van der Waals surface area contributed by atoms with Gasteiger partial charge in [-0.3, -0.25) is 0 Å². The third-order valence-corrected chi connectivity index (χ3v) is 5.86. The van der Waals surface area contributed by atoms with Gasteiger partial charge in [-0.2, -0.15) is 0 Å². The van der Waals surface area contributed by atoms with Gasteiger partial charge in [0.05, 0.1) is 12.0 Å². The molecule has 8 heteroatoms. The van der Waals surface area contributed by atoms with Crippen LogP contribution in [0, 0.1) is 18.2 Å². The van der Waals surface area contributed by atoms with Gasteiger partial charge in [0.2, 0.25) is 10.0 Å². The molecule has 0 radical (unpaired) electrons. The summed E-state index contributed by atoms with van der Waals surface area (Å²) in [5.41, 5.74) is -0.000596. The first kappa shape index (κ1) is 20.2. The molecular weight excluding hydrogens is 343 g/mol. The van der Waals surface area contributed by atoms with Gasteiger partial charge in [-0.25, -0.2) is 17.5 Å². The molecule has 1 heterocycles. The summed E-state index contributed by atoms with van der Waals surface area (Å²) in [6.07, 6.45) is 1.82. The van der Waals surface area contributed by atoms with Crippen molar-refractivity contribution in [1.82, 2.24) is 10.0 Å². The normalized spacial score (nSPS) is 17.4. The number of hydrogen-bond donors (Lipinski definition) is 2.